The Morgan fingerprint density at radius 2 is 2.05 bits per heavy atom. The zero-order valence-electron chi connectivity index (χ0n) is 10.5. The van der Waals surface area contributed by atoms with Gasteiger partial charge < -0.3 is 10.1 Å². The normalized spacial score (nSPS) is 10.5. The molecule has 2 rings (SSSR count). The van der Waals surface area contributed by atoms with E-state index in [9.17, 15) is 0 Å². The Morgan fingerprint density at radius 1 is 1.26 bits per heavy atom. The number of aromatic nitrogens is 1. The number of rotatable bonds is 5. The van der Waals surface area contributed by atoms with Gasteiger partial charge in [0.05, 0.1) is 16.4 Å². The highest BCUT2D eigenvalue weighted by molar-refractivity contribution is 9.10. The Labute approximate surface area is 126 Å². The van der Waals surface area contributed by atoms with Gasteiger partial charge in [-0.3, -0.25) is 4.98 Å². The fourth-order valence-electron chi connectivity index (χ4n) is 1.63. The first kappa shape index (κ1) is 14.3. The summed E-state index contributed by atoms with van der Waals surface area (Å²) in [6.45, 7) is 1.14. The van der Waals surface area contributed by atoms with Gasteiger partial charge >= 0.3 is 0 Å². The van der Waals surface area contributed by atoms with E-state index in [1.165, 1.54) is 0 Å². The molecule has 0 atom stereocenters. The third-order valence-electron chi connectivity index (χ3n) is 2.49. The lowest BCUT2D eigenvalue weighted by Crippen LogP contribution is -2.08. The van der Waals surface area contributed by atoms with E-state index in [4.69, 9.17) is 16.3 Å². The van der Waals surface area contributed by atoms with E-state index in [1.54, 1.807) is 6.07 Å². The van der Waals surface area contributed by atoms with Crippen LogP contribution >= 0.6 is 27.5 Å². The molecule has 0 unspecified atom stereocenters. The Hall–Kier alpha value is -1.10. The van der Waals surface area contributed by atoms with Crippen molar-refractivity contribution in [1.82, 2.24) is 10.3 Å². The van der Waals surface area contributed by atoms with Crippen LogP contribution in [0.5, 0.6) is 5.75 Å². The van der Waals surface area contributed by atoms with Crippen LogP contribution in [0.15, 0.2) is 40.9 Å². The van der Waals surface area contributed by atoms with Gasteiger partial charge in [0.25, 0.3) is 0 Å². The molecule has 0 fully saturated rings. The molecule has 5 heteroatoms. The quantitative estimate of drug-likeness (QED) is 0.898. The molecule has 1 aromatic heterocycles. The molecule has 0 saturated heterocycles. The molecular weight excluding hydrogens is 328 g/mol. The topological polar surface area (TPSA) is 34.1 Å². The van der Waals surface area contributed by atoms with Gasteiger partial charge in [-0.2, -0.15) is 0 Å². The van der Waals surface area contributed by atoms with Crippen LogP contribution in [0, 0.1) is 0 Å². The first-order valence-electron chi connectivity index (χ1n) is 5.86. The van der Waals surface area contributed by atoms with Crippen molar-refractivity contribution in [3.05, 3.63) is 57.3 Å². The van der Waals surface area contributed by atoms with Crippen LogP contribution in [0.2, 0.25) is 5.02 Å². The Morgan fingerprint density at radius 3 is 2.84 bits per heavy atom. The van der Waals surface area contributed by atoms with E-state index in [0.29, 0.717) is 17.4 Å². The van der Waals surface area contributed by atoms with Crippen molar-refractivity contribution in [3.8, 4) is 5.75 Å². The monoisotopic (exact) mass is 340 g/mol. The molecule has 100 valence electrons. The summed E-state index contributed by atoms with van der Waals surface area (Å²) in [5.74, 6) is 0.650. The van der Waals surface area contributed by atoms with Crippen LogP contribution in [0.3, 0.4) is 0 Å². The molecule has 0 aliphatic rings. The molecule has 0 aliphatic carbocycles. The summed E-state index contributed by atoms with van der Waals surface area (Å²) in [5.41, 5.74) is 1.87. The van der Waals surface area contributed by atoms with Gasteiger partial charge in [0.1, 0.15) is 12.4 Å². The summed E-state index contributed by atoms with van der Waals surface area (Å²) in [6.07, 6.45) is 0. The van der Waals surface area contributed by atoms with Crippen LogP contribution in [0.1, 0.15) is 11.4 Å². The van der Waals surface area contributed by atoms with Crippen LogP contribution < -0.4 is 10.1 Å². The highest BCUT2D eigenvalue weighted by Gasteiger charge is 2.04. The predicted molar refractivity (Wildman–Crippen MR) is 80.5 cm³/mol. The second kappa shape index (κ2) is 6.89. The maximum Gasteiger partial charge on any atom is 0.139 e. The fourth-order valence-corrected chi connectivity index (χ4v) is 2.14. The number of benzene rings is 1. The minimum Gasteiger partial charge on any atom is -0.486 e. The van der Waals surface area contributed by atoms with Gasteiger partial charge in [-0.1, -0.05) is 33.6 Å². The van der Waals surface area contributed by atoms with E-state index in [2.05, 4.69) is 26.2 Å². The Bertz CT molecular complexity index is 563. The van der Waals surface area contributed by atoms with E-state index in [-0.39, 0.29) is 0 Å². The third-order valence-corrected chi connectivity index (χ3v) is 3.30. The molecule has 1 N–H and O–H groups in total. The molecule has 2 aromatic rings. The van der Waals surface area contributed by atoms with Crippen molar-refractivity contribution in [2.45, 2.75) is 13.2 Å². The highest BCUT2D eigenvalue weighted by Crippen LogP contribution is 2.28. The number of nitrogens with zero attached hydrogens (tertiary/aromatic N) is 1. The summed E-state index contributed by atoms with van der Waals surface area (Å²) in [4.78, 5) is 4.49. The zero-order chi connectivity index (χ0) is 13.7. The average Bonchev–Trinajstić information content (AvgIpc) is 2.41. The molecule has 1 aromatic carbocycles. The SMILES string of the molecule is CNCc1cccc(COc2cc(Br)ccc2Cl)n1. The van der Waals surface area contributed by atoms with Gasteiger partial charge in [0.15, 0.2) is 0 Å². The van der Waals surface area contributed by atoms with Crippen molar-refractivity contribution in [2.75, 3.05) is 7.05 Å². The molecule has 19 heavy (non-hydrogen) atoms. The number of halogens is 2. The second-order valence-corrected chi connectivity index (χ2v) is 5.34. The van der Waals surface area contributed by atoms with Crippen molar-refractivity contribution in [3.63, 3.8) is 0 Å². The Balaban J connectivity index is 2.05. The van der Waals surface area contributed by atoms with Gasteiger partial charge in [-0.15, -0.1) is 0 Å². The van der Waals surface area contributed by atoms with Gasteiger partial charge in [0, 0.05) is 11.0 Å². The molecule has 0 saturated carbocycles. The maximum atomic E-state index is 6.07. The lowest BCUT2D eigenvalue weighted by Gasteiger charge is -2.09. The van der Waals surface area contributed by atoms with Gasteiger partial charge in [-0.25, -0.2) is 0 Å². The summed E-state index contributed by atoms with van der Waals surface area (Å²) < 4.78 is 6.63. The summed E-state index contributed by atoms with van der Waals surface area (Å²) >= 11 is 9.46. The average molecular weight is 342 g/mol. The molecule has 0 radical (unpaired) electrons. The molecule has 0 spiro atoms. The van der Waals surface area contributed by atoms with Crippen LogP contribution in [0.4, 0.5) is 0 Å². The highest BCUT2D eigenvalue weighted by atomic mass is 79.9. The van der Waals surface area contributed by atoms with Crippen molar-refractivity contribution >= 4 is 27.5 Å². The minimum absolute atomic E-state index is 0.397. The lowest BCUT2D eigenvalue weighted by molar-refractivity contribution is 0.301. The van der Waals surface area contributed by atoms with Crippen LogP contribution in [0.25, 0.3) is 0 Å². The molecular formula is C14H14BrClN2O. The second-order valence-electron chi connectivity index (χ2n) is 4.01. The molecule has 0 aliphatic heterocycles. The number of pyridine rings is 1. The van der Waals surface area contributed by atoms with E-state index in [1.807, 2.05) is 37.4 Å². The number of ether oxygens (including phenoxy) is 1. The van der Waals surface area contributed by atoms with Gasteiger partial charge in [-0.05, 0) is 37.4 Å². The van der Waals surface area contributed by atoms with E-state index < -0.39 is 0 Å². The molecule has 0 bridgehead atoms. The standard InChI is InChI=1S/C14H14BrClN2O/c1-17-8-11-3-2-4-12(18-11)9-19-14-7-10(15)5-6-13(14)16/h2-7,17H,8-9H2,1H3. The molecule has 0 amide bonds. The summed E-state index contributed by atoms with van der Waals surface area (Å²) in [7, 11) is 1.89. The van der Waals surface area contributed by atoms with Crippen molar-refractivity contribution < 1.29 is 4.74 Å². The largest absolute Gasteiger partial charge is 0.486 e. The maximum absolute atomic E-state index is 6.07. The first-order valence-corrected chi connectivity index (χ1v) is 7.03. The zero-order valence-corrected chi connectivity index (χ0v) is 12.8. The van der Waals surface area contributed by atoms with Crippen LogP contribution in [-0.4, -0.2) is 12.0 Å². The fraction of sp³-hybridized carbons (Fsp3) is 0.214. The first-order chi connectivity index (χ1) is 9.19. The smallest absolute Gasteiger partial charge is 0.139 e. The number of hydrogen-bond donors (Lipinski definition) is 1. The van der Waals surface area contributed by atoms with Gasteiger partial charge in [0.2, 0.25) is 0 Å². The lowest BCUT2D eigenvalue weighted by atomic mass is 10.3. The molecule has 3 nitrogen and oxygen atoms in total. The van der Waals surface area contributed by atoms with Crippen LogP contribution in [-0.2, 0) is 13.2 Å². The minimum atomic E-state index is 0.397. The van der Waals surface area contributed by atoms with E-state index >= 15 is 0 Å². The number of hydrogen-bond acceptors (Lipinski definition) is 3. The number of nitrogens with one attached hydrogen (secondary N) is 1. The molecule has 1 heterocycles. The predicted octanol–water partition coefficient (Wildman–Crippen LogP) is 3.80. The summed E-state index contributed by atoms with van der Waals surface area (Å²) in [5, 5.41) is 3.66. The van der Waals surface area contributed by atoms with Crippen molar-refractivity contribution in [1.29, 1.82) is 0 Å². The summed E-state index contributed by atoms with van der Waals surface area (Å²) in [6, 6.07) is 11.4. The van der Waals surface area contributed by atoms with E-state index in [0.717, 1.165) is 22.4 Å². The Kier molecular flexibility index (Phi) is 5.19. The third kappa shape index (κ3) is 4.20. The van der Waals surface area contributed by atoms with Crippen molar-refractivity contribution in [2.24, 2.45) is 0 Å².